The molecule has 1 atom stereocenters. The molecule has 1 aliphatic carbocycles. The zero-order valence-electron chi connectivity index (χ0n) is 21.4. The van der Waals surface area contributed by atoms with E-state index in [9.17, 15) is 9.59 Å². The fraction of sp³-hybridized carbons (Fsp3) is 0.355. The first-order valence-electron chi connectivity index (χ1n) is 13.0. The third-order valence-electron chi connectivity index (χ3n) is 6.85. The first kappa shape index (κ1) is 27.5. The maximum Gasteiger partial charge on any atom is 0.243 e. The highest BCUT2D eigenvalue weighted by Gasteiger charge is 2.32. The predicted molar refractivity (Wildman–Crippen MR) is 156 cm³/mol. The van der Waals surface area contributed by atoms with Crippen LogP contribution in [0.2, 0.25) is 0 Å². The molecular weight excluding hydrogens is 544 g/mol. The van der Waals surface area contributed by atoms with Crippen LogP contribution in [0.1, 0.15) is 47.9 Å². The minimum absolute atomic E-state index is 0.00908. The van der Waals surface area contributed by atoms with Gasteiger partial charge in [0.25, 0.3) is 0 Å². The molecule has 0 aromatic heterocycles. The lowest BCUT2D eigenvalue weighted by molar-refractivity contribution is -0.139. The maximum atomic E-state index is 13.7. The average molecular weight is 580 g/mol. The molecule has 1 aliphatic rings. The normalized spacial score (nSPS) is 14.3. The van der Waals surface area contributed by atoms with Crippen LogP contribution in [0.5, 0.6) is 0 Å². The lowest BCUT2D eigenvalue weighted by Gasteiger charge is -2.32. The molecular formula is C31H35BrN2O2S. The topological polar surface area (TPSA) is 49.4 Å². The molecule has 0 aliphatic heterocycles. The molecule has 0 radical (unpaired) electrons. The van der Waals surface area contributed by atoms with Gasteiger partial charge in [-0.1, -0.05) is 101 Å². The highest BCUT2D eigenvalue weighted by molar-refractivity contribution is 9.10. The van der Waals surface area contributed by atoms with Crippen molar-refractivity contribution in [1.82, 2.24) is 10.2 Å². The van der Waals surface area contributed by atoms with Crippen molar-refractivity contribution in [2.24, 2.45) is 0 Å². The SMILES string of the molecule is Cc1ccc(CN(C(=O)CSCc2ccc(Br)cc2)[C@@H](Cc2ccccc2)C(=O)NC2CCCC2)cc1. The van der Waals surface area contributed by atoms with Gasteiger partial charge >= 0.3 is 0 Å². The first-order valence-corrected chi connectivity index (χ1v) is 14.9. The number of carbonyl (C=O) groups excluding carboxylic acids is 2. The molecule has 4 nitrogen and oxygen atoms in total. The smallest absolute Gasteiger partial charge is 0.243 e. The van der Waals surface area contributed by atoms with E-state index in [2.05, 4.69) is 64.6 Å². The summed E-state index contributed by atoms with van der Waals surface area (Å²) in [5, 5.41) is 3.27. The number of hydrogen-bond donors (Lipinski definition) is 1. The molecule has 0 heterocycles. The van der Waals surface area contributed by atoms with Gasteiger partial charge in [0.15, 0.2) is 0 Å². The van der Waals surface area contributed by atoms with Gasteiger partial charge in [-0.3, -0.25) is 9.59 Å². The van der Waals surface area contributed by atoms with Crippen LogP contribution in [0.4, 0.5) is 0 Å². The van der Waals surface area contributed by atoms with Gasteiger partial charge in [-0.15, -0.1) is 11.8 Å². The lowest BCUT2D eigenvalue weighted by Crippen LogP contribution is -2.52. The second kappa shape index (κ2) is 13.8. The van der Waals surface area contributed by atoms with Gasteiger partial charge in [-0.2, -0.15) is 0 Å². The van der Waals surface area contributed by atoms with Crippen LogP contribution in [-0.2, 0) is 28.3 Å². The highest BCUT2D eigenvalue weighted by Crippen LogP contribution is 2.22. The van der Waals surface area contributed by atoms with Crippen LogP contribution >= 0.6 is 27.7 Å². The number of thioether (sulfide) groups is 1. The van der Waals surface area contributed by atoms with Crippen LogP contribution in [0.3, 0.4) is 0 Å². The second-order valence-electron chi connectivity index (χ2n) is 9.82. The van der Waals surface area contributed by atoms with Crippen LogP contribution in [0.25, 0.3) is 0 Å². The molecule has 4 rings (SSSR count). The Balaban J connectivity index is 1.55. The maximum absolute atomic E-state index is 13.7. The van der Waals surface area contributed by atoms with Crippen molar-refractivity contribution in [3.63, 3.8) is 0 Å². The molecule has 1 saturated carbocycles. The summed E-state index contributed by atoms with van der Waals surface area (Å²) in [5.41, 5.74) is 4.43. The number of carbonyl (C=O) groups is 2. The van der Waals surface area contributed by atoms with E-state index < -0.39 is 6.04 Å². The Hall–Kier alpha value is -2.57. The number of aryl methyl sites for hydroxylation is 1. The summed E-state index contributed by atoms with van der Waals surface area (Å²) in [6, 6.07) is 26.1. The largest absolute Gasteiger partial charge is 0.352 e. The van der Waals surface area contributed by atoms with Gasteiger partial charge in [-0.05, 0) is 48.6 Å². The number of rotatable bonds is 11. The molecule has 1 N–H and O–H groups in total. The lowest BCUT2D eigenvalue weighted by atomic mass is 10.0. The molecule has 0 saturated heterocycles. The number of hydrogen-bond acceptors (Lipinski definition) is 3. The Bertz CT molecular complexity index is 1150. The van der Waals surface area contributed by atoms with E-state index in [1.807, 2.05) is 42.5 Å². The average Bonchev–Trinajstić information content (AvgIpc) is 3.42. The minimum Gasteiger partial charge on any atom is -0.352 e. The van der Waals surface area contributed by atoms with Crippen molar-refractivity contribution in [3.05, 3.63) is 106 Å². The molecule has 2 amide bonds. The molecule has 1 fully saturated rings. The fourth-order valence-corrected chi connectivity index (χ4v) is 5.87. The molecule has 3 aromatic carbocycles. The van der Waals surface area contributed by atoms with Gasteiger partial charge in [0.05, 0.1) is 5.75 Å². The van der Waals surface area contributed by atoms with Crippen molar-refractivity contribution in [3.8, 4) is 0 Å². The number of halogens is 1. The molecule has 3 aromatic rings. The Labute approximate surface area is 233 Å². The summed E-state index contributed by atoms with van der Waals surface area (Å²) in [6.07, 6.45) is 4.81. The van der Waals surface area contributed by atoms with E-state index in [1.165, 1.54) is 11.1 Å². The summed E-state index contributed by atoms with van der Waals surface area (Å²) >= 11 is 5.07. The predicted octanol–water partition coefficient (Wildman–Crippen LogP) is 6.69. The van der Waals surface area contributed by atoms with Crippen LogP contribution in [0.15, 0.2) is 83.3 Å². The summed E-state index contributed by atoms with van der Waals surface area (Å²) in [4.78, 5) is 29.3. The van der Waals surface area contributed by atoms with Gasteiger partial charge in [0.1, 0.15) is 6.04 Å². The fourth-order valence-electron chi connectivity index (χ4n) is 4.73. The van der Waals surface area contributed by atoms with Gasteiger partial charge < -0.3 is 10.2 Å². The van der Waals surface area contributed by atoms with E-state index >= 15 is 0 Å². The third-order valence-corrected chi connectivity index (χ3v) is 8.37. The molecule has 0 bridgehead atoms. The summed E-state index contributed by atoms with van der Waals surface area (Å²) in [5.74, 6) is 1.01. The zero-order valence-corrected chi connectivity index (χ0v) is 23.8. The van der Waals surface area contributed by atoms with E-state index in [-0.39, 0.29) is 17.9 Å². The van der Waals surface area contributed by atoms with Gasteiger partial charge in [0.2, 0.25) is 11.8 Å². The van der Waals surface area contributed by atoms with Crippen molar-refractivity contribution in [1.29, 1.82) is 0 Å². The molecule has 0 spiro atoms. The van der Waals surface area contributed by atoms with Crippen molar-refractivity contribution in [2.75, 3.05) is 5.75 Å². The number of nitrogens with one attached hydrogen (secondary N) is 1. The van der Waals surface area contributed by atoms with Crippen molar-refractivity contribution < 1.29 is 9.59 Å². The third kappa shape index (κ3) is 8.47. The molecule has 194 valence electrons. The highest BCUT2D eigenvalue weighted by atomic mass is 79.9. The van der Waals surface area contributed by atoms with E-state index in [0.29, 0.717) is 18.7 Å². The first-order chi connectivity index (χ1) is 18.0. The van der Waals surface area contributed by atoms with Crippen LogP contribution in [0, 0.1) is 6.92 Å². The number of benzene rings is 3. The Morgan fingerprint density at radius 3 is 2.24 bits per heavy atom. The van der Waals surface area contributed by atoms with E-state index in [1.54, 1.807) is 16.7 Å². The summed E-state index contributed by atoms with van der Waals surface area (Å²) in [7, 11) is 0. The zero-order chi connectivity index (χ0) is 26.0. The quantitative estimate of drug-likeness (QED) is 0.276. The van der Waals surface area contributed by atoms with Gasteiger partial charge in [0, 0.05) is 29.2 Å². The second-order valence-corrected chi connectivity index (χ2v) is 11.7. The minimum atomic E-state index is -0.565. The van der Waals surface area contributed by atoms with Crippen molar-refractivity contribution >= 4 is 39.5 Å². The monoisotopic (exact) mass is 578 g/mol. The summed E-state index contributed by atoms with van der Waals surface area (Å²) < 4.78 is 1.04. The van der Waals surface area contributed by atoms with Crippen LogP contribution in [-0.4, -0.2) is 34.6 Å². The van der Waals surface area contributed by atoms with E-state index in [0.717, 1.165) is 47.0 Å². The van der Waals surface area contributed by atoms with Crippen LogP contribution < -0.4 is 5.32 Å². The summed E-state index contributed by atoms with van der Waals surface area (Å²) in [6.45, 7) is 2.46. The molecule has 0 unspecified atom stereocenters. The van der Waals surface area contributed by atoms with Crippen molar-refractivity contribution in [2.45, 2.75) is 63.4 Å². The van der Waals surface area contributed by atoms with E-state index in [4.69, 9.17) is 0 Å². The number of nitrogens with zero attached hydrogens (tertiary/aromatic N) is 1. The standard InChI is InChI=1S/C31H35BrN2O2S/c1-23-11-13-25(14-12-23)20-34(30(35)22-37-21-26-15-17-27(32)18-16-26)29(19-24-7-3-2-4-8-24)31(36)33-28-9-5-6-10-28/h2-4,7-8,11-18,28-29H,5-6,9-10,19-22H2,1H3,(H,33,36)/t29-/m0/s1. The Morgan fingerprint density at radius 1 is 0.919 bits per heavy atom. The molecule has 37 heavy (non-hydrogen) atoms. The number of amides is 2. The Morgan fingerprint density at radius 2 is 1.57 bits per heavy atom. The Kier molecular flexibility index (Phi) is 10.3. The molecule has 6 heteroatoms. The van der Waals surface area contributed by atoms with Gasteiger partial charge in [-0.25, -0.2) is 0 Å².